The van der Waals surface area contributed by atoms with Crippen LogP contribution < -0.4 is 5.14 Å². The van der Waals surface area contributed by atoms with E-state index in [0.29, 0.717) is 12.8 Å². The first-order valence-corrected chi connectivity index (χ1v) is 6.75. The number of aliphatic hydroxyl groups excluding tert-OH is 1. The summed E-state index contributed by atoms with van der Waals surface area (Å²) in [4.78, 5) is 0. The lowest BCUT2D eigenvalue weighted by Gasteiger charge is -2.10. The predicted octanol–water partition coefficient (Wildman–Crippen LogP) is 0.789. The zero-order valence-electron chi connectivity index (χ0n) is 9.26. The second-order valence-electron chi connectivity index (χ2n) is 3.87. The molecule has 0 aliphatic rings. The molecule has 1 atom stereocenters. The molecule has 5 heteroatoms. The van der Waals surface area contributed by atoms with Gasteiger partial charge >= 0.3 is 0 Å². The summed E-state index contributed by atoms with van der Waals surface area (Å²) in [6.07, 6.45) is 1.07. The summed E-state index contributed by atoms with van der Waals surface area (Å²) in [6, 6.07) is 7.44. The van der Waals surface area contributed by atoms with E-state index >= 15 is 0 Å². The van der Waals surface area contributed by atoms with E-state index in [9.17, 15) is 8.42 Å². The van der Waals surface area contributed by atoms with Gasteiger partial charge < -0.3 is 5.11 Å². The number of benzene rings is 1. The molecule has 0 fully saturated rings. The summed E-state index contributed by atoms with van der Waals surface area (Å²) in [5, 5.41) is 13.6. The van der Waals surface area contributed by atoms with Gasteiger partial charge in [0.15, 0.2) is 0 Å². The van der Waals surface area contributed by atoms with Crippen molar-refractivity contribution >= 4 is 10.0 Å². The van der Waals surface area contributed by atoms with E-state index in [0.717, 1.165) is 11.1 Å². The Morgan fingerprint density at radius 2 is 1.88 bits per heavy atom. The minimum absolute atomic E-state index is 0.0278. The summed E-state index contributed by atoms with van der Waals surface area (Å²) in [7, 11) is -3.46. The summed E-state index contributed by atoms with van der Waals surface area (Å²) in [6.45, 7) is 1.57. The molecular weight excluding hydrogens is 226 g/mol. The van der Waals surface area contributed by atoms with E-state index in [1.807, 2.05) is 24.3 Å². The van der Waals surface area contributed by atoms with Crippen LogP contribution in [0.1, 0.15) is 24.5 Å². The molecule has 1 rings (SSSR count). The quantitative estimate of drug-likeness (QED) is 0.802. The van der Waals surface area contributed by atoms with E-state index in [4.69, 9.17) is 10.2 Å². The molecule has 1 aromatic carbocycles. The highest BCUT2D eigenvalue weighted by atomic mass is 32.2. The first-order chi connectivity index (χ1) is 7.45. The van der Waals surface area contributed by atoms with Crippen LogP contribution in [0.3, 0.4) is 0 Å². The Balaban J connectivity index is 2.68. The molecular formula is C11H17NO3S. The summed E-state index contributed by atoms with van der Waals surface area (Å²) >= 11 is 0. The van der Waals surface area contributed by atoms with Crippen LogP contribution in [0.5, 0.6) is 0 Å². The van der Waals surface area contributed by atoms with Crippen LogP contribution in [0.2, 0.25) is 0 Å². The highest BCUT2D eigenvalue weighted by molar-refractivity contribution is 7.89. The molecule has 0 aromatic heterocycles. The maximum Gasteiger partial charge on any atom is 0.211 e. The van der Waals surface area contributed by atoms with E-state index in [2.05, 4.69) is 0 Å². The fraction of sp³-hybridized carbons (Fsp3) is 0.455. The van der Waals surface area contributed by atoms with Crippen molar-refractivity contribution in [2.24, 2.45) is 5.14 Å². The summed E-state index contributed by atoms with van der Waals surface area (Å²) in [5.41, 5.74) is 1.81. The number of hydrogen-bond acceptors (Lipinski definition) is 3. The Labute approximate surface area is 96.2 Å². The zero-order valence-corrected chi connectivity index (χ0v) is 10.1. The standard InChI is InChI=1S/C11H17NO3S/c1-9(16(12,14)15)6-7-10-4-2-3-5-11(10)8-13/h2-5,9,13H,6-8H2,1H3,(H2,12,14,15). The fourth-order valence-corrected chi connectivity index (χ4v) is 1.93. The third kappa shape index (κ3) is 3.59. The second kappa shape index (κ2) is 5.43. The number of rotatable bonds is 5. The van der Waals surface area contributed by atoms with Crippen molar-refractivity contribution in [2.45, 2.75) is 31.6 Å². The van der Waals surface area contributed by atoms with E-state index < -0.39 is 15.3 Å². The second-order valence-corrected chi connectivity index (χ2v) is 5.85. The molecule has 0 aliphatic carbocycles. The molecule has 0 aliphatic heterocycles. The molecule has 90 valence electrons. The van der Waals surface area contributed by atoms with Crippen LogP contribution in [0.4, 0.5) is 0 Å². The Morgan fingerprint density at radius 3 is 2.38 bits per heavy atom. The first-order valence-electron chi connectivity index (χ1n) is 5.14. The number of nitrogens with two attached hydrogens (primary N) is 1. The average molecular weight is 243 g/mol. The smallest absolute Gasteiger partial charge is 0.211 e. The van der Waals surface area contributed by atoms with Crippen molar-refractivity contribution in [1.82, 2.24) is 0 Å². The van der Waals surface area contributed by atoms with Gasteiger partial charge in [0.1, 0.15) is 0 Å². The van der Waals surface area contributed by atoms with Crippen LogP contribution in [0.15, 0.2) is 24.3 Å². The first kappa shape index (κ1) is 13.2. The average Bonchev–Trinajstić information content (AvgIpc) is 2.24. The molecule has 0 spiro atoms. The maximum absolute atomic E-state index is 11.0. The highest BCUT2D eigenvalue weighted by Gasteiger charge is 2.15. The minimum atomic E-state index is -3.46. The summed E-state index contributed by atoms with van der Waals surface area (Å²) in [5.74, 6) is 0. The Hall–Kier alpha value is -0.910. The maximum atomic E-state index is 11.0. The van der Waals surface area contributed by atoms with Crippen LogP contribution in [-0.4, -0.2) is 18.8 Å². The molecule has 0 saturated heterocycles. The van der Waals surface area contributed by atoms with Crippen LogP contribution in [-0.2, 0) is 23.1 Å². The van der Waals surface area contributed by atoms with Crippen LogP contribution in [0, 0.1) is 0 Å². The van der Waals surface area contributed by atoms with Crippen LogP contribution in [0.25, 0.3) is 0 Å². The molecule has 0 bridgehead atoms. The van der Waals surface area contributed by atoms with Gasteiger partial charge in [0.2, 0.25) is 10.0 Å². The number of aryl methyl sites for hydroxylation is 1. The van der Waals surface area contributed by atoms with Crippen molar-refractivity contribution in [1.29, 1.82) is 0 Å². The number of sulfonamides is 1. The lowest BCUT2D eigenvalue weighted by atomic mass is 10.0. The van der Waals surface area contributed by atoms with Gasteiger partial charge in [-0.25, -0.2) is 13.6 Å². The Bertz CT molecular complexity index is 442. The van der Waals surface area contributed by atoms with Gasteiger partial charge in [0.05, 0.1) is 11.9 Å². The third-order valence-electron chi connectivity index (χ3n) is 2.67. The number of primary sulfonamides is 1. The predicted molar refractivity (Wildman–Crippen MR) is 63.3 cm³/mol. The molecule has 0 saturated carbocycles. The minimum Gasteiger partial charge on any atom is -0.392 e. The third-order valence-corrected chi connectivity index (χ3v) is 4.03. The monoisotopic (exact) mass is 243 g/mol. The molecule has 1 aromatic rings. The largest absolute Gasteiger partial charge is 0.392 e. The lowest BCUT2D eigenvalue weighted by molar-refractivity contribution is 0.280. The van der Waals surface area contributed by atoms with Crippen molar-refractivity contribution in [3.63, 3.8) is 0 Å². The zero-order chi connectivity index (χ0) is 12.2. The SMILES string of the molecule is CC(CCc1ccccc1CO)S(N)(=O)=O. The van der Waals surface area contributed by atoms with Gasteiger partial charge in [-0.1, -0.05) is 24.3 Å². The highest BCUT2D eigenvalue weighted by Crippen LogP contribution is 2.13. The van der Waals surface area contributed by atoms with Crippen molar-refractivity contribution in [3.8, 4) is 0 Å². The van der Waals surface area contributed by atoms with E-state index in [-0.39, 0.29) is 6.61 Å². The van der Waals surface area contributed by atoms with E-state index in [1.54, 1.807) is 6.92 Å². The van der Waals surface area contributed by atoms with Gasteiger partial charge in [0.25, 0.3) is 0 Å². The fourth-order valence-electron chi connectivity index (χ4n) is 1.48. The van der Waals surface area contributed by atoms with Gasteiger partial charge in [-0.2, -0.15) is 0 Å². The van der Waals surface area contributed by atoms with Gasteiger partial charge in [-0.15, -0.1) is 0 Å². The van der Waals surface area contributed by atoms with E-state index in [1.165, 1.54) is 0 Å². The number of aliphatic hydroxyl groups is 1. The number of hydrogen-bond donors (Lipinski definition) is 2. The molecule has 0 radical (unpaired) electrons. The lowest BCUT2D eigenvalue weighted by Crippen LogP contribution is -2.26. The normalized spacial score (nSPS) is 13.7. The van der Waals surface area contributed by atoms with Crippen molar-refractivity contribution < 1.29 is 13.5 Å². The van der Waals surface area contributed by atoms with Crippen molar-refractivity contribution in [3.05, 3.63) is 35.4 Å². The van der Waals surface area contributed by atoms with Gasteiger partial charge in [-0.05, 0) is 30.9 Å². The van der Waals surface area contributed by atoms with Crippen molar-refractivity contribution in [2.75, 3.05) is 0 Å². The molecule has 1 unspecified atom stereocenters. The molecule has 3 N–H and O–H groups in total. The summed E-state index contributed by atoms with van der Waals surface area (Å²) < 4.78 is 22.1. The Morgan fingerprint density at radius 1 is 1.31 bits per heavy atom. The van der Waals surface area contributed by atoms with Crippen LogP contribution >= 0.6 is 0 Å². The topological polar surface area (TPSA) is 80.4 Å². The molecule has 16 heavy (non-hydrogen) atoms. The van der Waals surface area contributed by atoms with Gasteiger partial charge in [-0.3, -0.25) is 0 Å². The Kier molecular flexibility index (Phi) is 4.46. The molecule has 4 nitrogen and oxygen atoms in total. The van der Waals surface area contributed by atoms with Gasteiger partial charge in [0, 0.05) is 0 Å². The molecule has 0 amide bonds. The molecule has 0 heterocycles.